The second-order valence-electron chi connectivity index (χ2n) is 5.33. The number of rotatable bonds is 5. The van der Waals surface area contributed by atoms with Crippen LogP contribution in [-0.2, 0) is 13.6 Å². The van der Waals surface area contributed by atoms with Gasteiger partial charge in [-0.25, -0.2) is 0 Å². The van der Waals surface area contributed by atoms with Crippen LogP contribution in [0, 0.1) is 5.92 Å². The molecule has 2 rings (SSSR count). The van der Waals surface area contributed by atoms with E-state index in [0.717, 1.165) is 29.9 Å². The Balaban J connectivity index is 2.29. The Labute approximate surface area is 129 Å². The summed E-state index contributed by atoms with van der Waals surface area (Å²) in [6.45, 7) is 6.11. The van der Waals surface area contributed by atoms with E-state index in [4.69, 9.17) is 23.2 Å². The minimum absolute atomic E-state index is 0.616. The Morgan fingerprint density at radius 1 is 1.30 bits per heavy atom. The van der Waals surface area contributed by atoms with Crippen LogP contribution >= 0.6 is 23.2 Å². The smallest absolute Gasteiger partial charge is 0.0983 e. The molecule has 1 heterocycles. The van der Waals surface area contributed by atoms with Crippen LogP contribution in [0.4, 0.5) is 0 Å². The Bertz CT molecular complexity index is 591. The molecule has 108 valence electrons. The summed E-state index contributed by atoms with van der Waals surface area (Å²) in [6.07, 6.45) is 2.01. The lowest BCUT2D eigenvalue weighted by atomic mass is 10.1. The van der Waals surface area contributed by atoms with Crippen molar-refractivity contribution in [2.75, 3.05) is 6.54 Å². The van der Waals surface area contributed by atoms with Crippen LogP contribution in [0.15, 0.2) is 24.4 Å². The van der Waals surface area contributed by atoms with E-state index in [-0.39, 0.29) is 0 Å². The van der Waals surface area contributed by atoms with E-state index in [0.29, 0.717) is 16.0 Å². The maximum absolute atomic E-state index is 6.27. The van der Waals surface area contributed by atoms with Crippen LogP contribution in [0.2, 0.25) is 10.0 Å². The zero-order chi connectivity index (χ0) is 14.7. The number of halogens is 2. The SMILES string of the molecule is CC(C)CNCc1cn(C)nc1-c1cc(Cl)ccc1Cl. The Hall–Kier alpha value is -1.03. The predicted molar refractivity (Wildman–Crippen MR) is 85.2 cm³/mol. The topological polar surface area (TPSA) is 29.9 Å². The van der Waals surface area contributed by atoms with Gasteiger partial charge in [0.15, 0.2) is 0 Å². The van der Waals surface area contributed by atoms with Gasteiger partial charge < -0.3 is 5.32 Å². The molecule has 0 saturated heterocycles. The summed E-state index contributed by atoms with van der Waals surface area (Å²) in [7, 11) is 1.91. The minimum Gasteiger partial charge on any atom is -0.312 e. The average Bonchev–Trinajstić information content (AvgIpc) is 2.73. The fraction of sp³-hybridized carbons (Fsp3) is 0.400. The molecule has 1 N–H and O–H groups in total. The molecule has 0 aliphatic heterocycles. The number of hydrogen-bond donors (Lipinski definition) is 1. The molecule has 2 aromatic rings. The molecule has 0 fully saturated rings. The van der Waals surface area contributed by atoms with Crippen molar-refractivity contribution in [3.63, 3.8) is 0 Å². The van der Waals surface area contributed by atoms with Crippen LogP contribution in [0.1, 0.15) is 19.4 Å². The van der Waals surface area contributed by atoms with Crippen molar-refractivity contribution in [1.82, 2.24) is 15.1 Å². The molecule has 1 aromatic heterocycles. The molecule has 0 aliphatic carbocycles. The Kier molecular flexibility index (Phi) is 5.08. The number of hydrogen-bond acceptors (Lipinski definition) is 2. The van der Waals surface area contributed by atoms with Gasteiger partial charge >= 0.3 is 0 Å². The number of nitrogens with zero attached hydrogens (tertiary/aromatic N) is 2. The molecule has 5 heteroatoms. The highest BCUT2D eigenvalue weighted by Gasteiger charge is 2.13. The number of benzene rings is 1. The van der Waals surface area contributed by atoms with Gasteiger partial charge in [0, 0.05) is 35.9 Å². The van der Waals surface area contributed by atoms with Crippen molar-refractivity contribution < 1.29 is 0 Å². The van der Waals surface area contributed by atoms with Gasteiger partial charge in [-0.2, -0.15) is 5.10 Å². The van der Waals surface area contributed by atoms with E-state index in [1.807, 2.05) is 19.3 Å². The molecule has 0 unspecified atom stereocenters. The average molecular weight is 312 g/mol. The van der Waals surface area contributed by atoms with E-state index in [1.54, 1.807) is 16.8 Å². The molecule has 0 atom stereocenters. The second-order valence-corrected chi connectivity index (χ2v) is 6.17. The van der Waals surface area contributed by atoms with E-state index in [2.05, 4.69) is 24.3 Å². The van der Waals surface area contributed by atoms with Crippen molar-refractivity contribution in [3.8, 4) is 11.3 Å². The maximum atomic E-state index is 6.27. The van der Waals surface area contributed by atoms with Crippen LogP contribution in [0.3, 0.4) is 0 Å². The quantitative estimate of drug-likeness (QED) is 0.899. The Morgan fingerprint density at radius 2 is 2.05 bits per heavy atom. The number of aromatic nitrogens is 2. The van der Waals surface area contributed by atoms with Crippen LogP contribution in [0.25, 0.3) is 11.3 Å². The third-order valence-corrected chi connectivity index (χ3v) is 3.52. The molecule has 0 amide bonds. The summed E-state index contributed by atoms with van der Waals surface area (Å²) in [4.78, 5) is 0. The largest absolute Gasteiger partial charge is 0.312 e. The third-order valence-electron chi connectivity index (χ3n) is 2.96. The van der Waals surface area contributed by atoms with Crippen molar-refractivity contribution in [2.24, 2.45) is 13.0 Å². The van der Waals surface area contributed by atoms with Gasteiger partial charge in [0.2, 0.25) is 0 Å². The first-order valence-electron chi connectivity index (χ1n) is 6.66. The molecule has 0 spiro atoms. The van der Waals surface area contributed by atoms with E-state index >= 15 is 0 Å². The van der Waals surface area contributed by atoms with Gasteiger partial charge in [-0.1, -0.05) is 37.0 Å². The zero-order valence-electron chi connectivity index (χ0n) is 12.0. The van der Waals surface area contributed by atoms with Gasteiger partial charge in [-0.15, -0.1) is 0 Å². The first-order valence-corrected chi connectivity index (χ1v) is 7.41. The maximum Gasteiger partial charge on any atom is 0.0983 e. The third kappa shape index (κ3) is 3.75. The molecular weight excluding hydrogens is 293 g/mol. The highest BCUT2D eigenvalue weighted by atomic mass is 35.5. The van der Waals surface area contributed by atoms with Gasteiger partial charge in [0.25, 0.3) is 0 Å². The molecule has 0 aliphatic rings. The van der Waals surface area contributed by atoms with Crippen molar-refractivity contribution in [1.29, 1.82) is 0 Å². The molecule has 0 radical (unpaired) electrons. The number of aryl methyl sites for hydroxylation is 1. The summed E-state index contributed by atoms with van der Waals surface area (Å²) in [6, 6.07) is 5.45. The highest BCUT2D eigenvalue weighted by molar-refractivity contribution is 6.35. The fourth-order valence-corrected chi connectivity index (χ4v) is 2.45. The first kappa shape index (κ1) is 15.4. The van der Waals surface area contributed by atoms with Crippen molar-refractivity contribution in [2.45, 2.75) is 20.4 Å². The highest BCUT2D eigenvalue weighted by Crippen LogP contribution is 2.31. The van der Waals surface area contributed by atoms with E-state index in [9.17, 15) is 0 Å². The fourth-order valence-electron chi connectivity index (χ4n) is 2.07. The summed E-state index contributed by atoms with van der Waals surface area (Å²) in [5.41, 5.74) is 2.88. The minimum atomic E-state index is 0.616. The lowest BCUT2D eigenvalue weighted by Gasteiger charge is -2.08. The van der Waals surface area contributed by atoms with Crippen molar-refractivity contribution in [3.05, 3.63) is 40.0 Å². The molecule has 20 heavy (non-hydrogen) atoms. The number of nitrogens with one attached hydrogen (secondary N) is 1. The summed E-state index contributed by atoms with van der Waals surface area (Å²) in [5, 5.41) is 9.27. The second kappa shape index (κ2) is 6.61. The lowest BCUT2D eigenvalue weighted by molar-refractivity contribution is 0.552. The van der Waals surface area contributed by atoms with Crippen LogP contribution in [-0.4, -0.2) is 16.3 Å². The summed E-state index contributed by atoms with van der Waals surface area (Å²) in [5.74, 6) is 0.616. The predicted octanol–water partition coefficient (Wildman–Crippen LogP) is 4.14. The van der Waals surface area contributed by atoms with E-state index in [1.165, 1.54) is 0 Å². The van der Waals surface area contributed by atoms with Crippen LogP contribution < -0.4 is 5.32 Å². The molecule has 3 nitrogen and oxygen atoms in total. The standard InChI is InChI=1S/C15H19Cl2N3/c1-10(2)7-18-8-11-9-20(3)19-15(11)13-6-12(16)4-5-14(13)17/h4-6,9-10,18H,7-8H2,1-3H3. The monoisotopic (exact) mass is 311 g/mol. The first-order chi connectivity index (χ1) is 9.47. The summed E-state index contributed by atoms with van der Waals surface area (Å²) < 4.78 is 1.80. The van der Waals surface area contributed by atoms with Crippen molar-refractivity contribution >= 4 is 23.2 Å². The van der Waals surface area contributed by atoms with Gasteiger partial charge in [0.1, 0.15) is 0 Å². The Morgan fingerprint density at radius 3 is 2.75 bits per heavy atom. The van der Waals surface area contributed by atoms with Crippen LogP contribution in [0.5, 0.6) is 0 Å². The van der Waals surface area contributed by atoms with Gasteiger partial charge in [0.05, 0.1) is 10.7 Å². The molecule has 0 saturated carbocycles. The lowest BCUT2D eigenvalue weighted by Crippen LogP contribution is -2.19. The molecule has 0 bridgehead atoms. The zero-order valence-corrected chi connectivity index (χ0v) is 13.5. The normalized spacial score (nSPS) is 11.3. The molecular formula is C15H19Cl2N3. The van der Waals surface area contributed by atoms with Gasteiger partial charge in [-0.3, -0.25) is 4.68 Å². The van der Waals surface area contributed by atoms with Gasteiger partial charge in [-0.05, 0) is 30.7 Å². The van der Waals surface area contributed by atoms with E-state index < -0.39 is 0 Å². The molecule has 1 aromatic carbocycles. The summed E-state index contributed by atoms with van der Waals surface area (Å²) >= 11 is 12.3.